The van der Waals surface area contributed by atoms with Crippen LogP contribution in [-0.2, 0) is 0 Å². The lowest BCUT2D eigenvalue weighted by Crippen LogP contribution is -2.22. The van der Waals surface area contributed by atoms with E-state index in [1.54, 1.807) is 0 Å². The van der Waals surface area contributed by atoms with Gasteiger partial charge in [-0.1, -0.05) is 6.42 Å². The Kier molecular flexibility index (Phi) is 1.55. The SMILES string of the molecule is C#C[C@H]1CCC[C@H]1N. The quantitative estimate of drug-likeness (QED) is 0.456. The minimum atomic E-state index is 0.292. The predicted molar refractivity (Wildman–Crippen MR) is 34.1 cm³/mol. The van der Waals surface area contributed by atoms with Gasteiger partial charge in [0, 0.05) is 12.0 Å². The van der Waals surface area contributed by atoms with Crippen LogP contribution in [0.25, 0.3) is 0 Å². The molecular formula is C7H11N. The number of hydrogen-bond acceptors (Lipinski definition) is 1. The molecule has 0 aromatic rings. The molecule has 1 aliphatic rings. The highest BCUT2D eigenvalue weighted by Crippen LogP contribution is 2.22. The van der Waals surface area contributed by atoms with Crippen LogP contribution >= 0.6 is 0 Å². The van der Waals surface area contributed by atoms with Crippen LogP contribution in [0.1, 0.15) is 19.3 Å². The van der Waals surface area contributed by atoms with Crippen molar-refractivity contribution in [2.24, 2.45) is 11.7 Å². The second kappa shape index (κ2) is 2.19. The maximum atomic E-state index is 5.65. The highest BCUT2D eigenvalue weighted by Gasteiger charge is 2.20. The molecule has 1 saturated carbocycles. The van der Waals surface area contributed by atoms with Crippen LogP contribution in [0.3, 0.4) is 0 Å². The molecule has 2 N–H and O–H groups in total. The Balaban J connectivity index is 2.45. The summed E-state index contributed by atoms with van der Waals surface area (Å²) < 4.78 is 0. The lowest BCUT2D eigenvalue weighted by molar-refractivity contribution is 0.600. The zero-order valence-electron chi connectivity index (χ0n) is 4.93. The van der Waals surface area contributed by atoms with Gasteiger partial charge in [0.15, 0.2) is 0 Å². The van der Waals surface area contributed by atoms with Gasteiger partial charge in [-0.3, -0.25) is 0 Å². The van der Waals surface area contributed by atoms with Crippen LogP contribution in [0, 0.1) is 18.3 Å². The number of hydrogen-bond donors (Lipinski definition) is 1. The van der Waals surface area contributed by atoms with E-state index >= 15 is 0 Å². The summed E-state index contributed by atoms with van der Waals surface area (Å²) in [6.45, 7) is 0. The standard InChI is InChI=1S/C7H11N/c1-2-6-4-3-5-7(6)8/h1,6-7H,3-5,8H2/t6-,7+/m0/s1. The van der Waals surface area contributed by atoms with E-state index in [2.05, 4.69) is 5.92 Å². The van der Waals surface area contributed by atoms with Crippen molar-refractivity contribution in [3.63, 3.8) is 0 Å². The zero-order valence-corrected chi connectivity index (χ0v) is 4.93. The summed E-state index contributed by atoms with van der Waals surface area (Å²) in [5.74, 6) is 3.06. The summed E-state index contributed by atoms with van der Waals surface area (Å²) in [5, 5.41) is 0. The molecular weight excluding hydrogens is 98.1 g/mol. The van der Waals surface area contributed by atoms with Gasteiger partial charge in [0.25, 0.3) is 0 Å². The van der Waals surface area contributed by atoms with Gasteiger partial charge in [0.2, 0.25) is 0 Å². The number of nitrogens with two attached hydrogens (primary N) is 1. The van der Waals surface area contributed by atoms with Crippen LogP contribution in [0.4, 0.5) is 0 Å². The fraction of sp³-hybridized carbons (Fsp3) is 0.714. The average Bonchev–Trinajstić information content (AvgIpc) is 2.14. The van der Waals surface area contributed by atoms with E-state index in [1.165, 1.54) is 6.42 Å². The van der Waals surface area contributed by atoms with Crippen molar-refractivity contribution in [3.8, 4) is 12.3 Å². The first-order chi connectivity index (χ1) is 3.84. The lowest BCUT2D eigenvalue weighted by atomic mass is 10.1. The molecule has 0 aliphatic heterocycles. The van der Waals surface area contributed by atoms with E-state index in [1.807, 2.05) is 0 Å². The maximum absolute atomic E-state index is 5.65. The van der Waals surface area contributed by atoms with Gasteiger partial charge in [-0.05, 0) is 12.8 Å². The van der Waals surface area contributed by atoms with Crippen molar-refractivity contribution in [1.82, 2.24) is 0 Å². The van der Waals surface area contributed by atoms with Crippen molar-refractivity contribution >= 4 is 0 Å². The third kappa shape index (κ3) is 0.850. The van der Waals surface area contributed by atoms with Gasteiger partial charge in [-0.15, -0.1) is 12.3 Å². The summed E-state index contributed by atoms with van der Waals surface area (Å²) >= 11 is 0. The molecule has 0 unspecified atom stereocenters. The van der Waals surface area contributed by atoms with Crippen LogP contribution in [-0.4, -0.2) is 6.04 Å². The van der Waals surface area contributed by atoms with Crippen LogP contribution < -0.4 is 5.73 Å². The smallest absolute Gasteiger partial charge is 0.0351 e. The minimum Gasteiger partial charge on any atom is -0.327 e. The Morgan fingerprint density at radius 3 is 2.50 bits per heavy atom. The molecule has 0 heterocycles. The maximum Gasteiger partial charge on any atom is 0.0351 e. The first-order valence-electron chi connectivity index (χ1n) is 3.06. The van der Waals surface area contributed by atoms with Crippen molar-refractivity contribution in [3.05, 3.63) is 0 Å². The van der Waals surface area contributed by atoms with Gasteiger partial charge >= 0.3 is 0 Å². The summed E-state index contributed by atoms with van der Waals surface area (Å²) in [6.07, 6.45) is 8.67. The molecule has 0 aromatic heterocycles. The van der Waals surface area contributed by atoms with Gasteiger partial charge in [0.05, 0.1) is 0 Å². The molecule has 0 aromatic carbocycles. The molecule has 1 nitrogen and oxygen atoms in total. The topological polar surface area (TPSA) is 26.0 Å². The average molecular weight is 109 g/mol. The molecule has 1 rings (SSSR count). The molecule has 0 radical (unpaired) electrons. The third-order valence-corrected chi connectivity index (χ3v) is 1.78. The Morgan fingerprint density at radius 1 is 1.50 bits per heavy atom. The van der Waals surface area contributed by atoms with Gasteiger partial charge in [-0.25, -0.2) is 0 Å². The highest BCUT2D eigenvalue weighted by atomic mass is 14.7. The Labute approximate surface area is 50.3 Å². The molecule has 0 spiro atoms. The molecule has 1 aliphatic carbocycles. The Morgan fingerprint density at radius 2 is 2.25 bits per heavy atom. The molecule has 1 fully saturated rings. The monoisotopic (exact) mass is 109 g/mol. The second-order valence-corrected chi connectivity index (χ2v) is 2.37. The third-order valence-electron chi connectivity index (χ3n) is 1.78. The highest BCUT2D eigenvalue weighted by molar-refractivity contribution is 5.01. The molecule has 0 saturated heterocycles. The van der Waals surface area contributed by atoms with Crippen LogP contribution in [0.2, 0.25) is 0 Å². The van der Waals surface area contributed by atoms with E-state index in [4.69, 9.17) is 12.2 Å². The molecule has 1 heteroatoms. The summed E-state index contributed by atoms with van der Waals surface area (Å²) in [7, 11) is 0. The van der Waals surface area contributed by atoms with Crippen LogP contribution in [0.15, 0.2) is 0 Å². The zero-order chi connectivity index (χ0) is 5.98. The first-order valence-corrected chi connectivity index (χ1v) is 3.06. The van der Waals surface area contributed by atoms with Crippen molar-refractivity contribution < 1.29 is 0 Å². The number of terminal acetylenes is 1. The summed E-state index contributed by atoms with van der Waals surface area (Å²) in [5.41, 5.74) is 5.65. The van der Waals surface area contributed by atoms with Crippen molar-refractivity contribution in [1.29, 1.82) is 0 Å². The van der Waals surface area contributed by atoms with Gasteiger partial charge < -0.3 is 5.73 Å². The number of rotatable bonds is 0. The lowest BCUT2D eigenvalue weighted by Gasteiger charge is -2.04. The van der Waals surface area contributed by atoms with E-state index in [-0.39, 0.29) is 0 Å². The Bertz CT molecular complexity index is 112. The molecule has 8 heavy (non-hydrogen) atoms. The molecule has 2 atom stereocenters. The predicted octanol–water partition coefficient (Wildman–Crippen LogP) is 0.747. The fourth-order valence-electron chi connectivity index (χ4n) is 1.20. The first kappa shape index (κ1) is 5.65. The second-order valence-electron chi connectivity index (χ2n) is 2.37. The largest absolute Gasteiger partial charge is 0.327 e. The fourth-order valence-corrected chi connectivity index (χ4v) is 1.20. The van der Waals surface area contributed by atoms with Crippen molar-refractivity contribution in [2.45, 2.75) is 25.3 Å². The van der Waals surface area contributed by atoms with Gasteiger partial charge in [-0.2, -0.15) is 0 Å². The molecule has 0 bridgehead atoms. The van der Waals surface area contributed by atoms with E-state index < -0.39 is 0 Å². The van der Waals surface area contributed by atoms with Crippen LogP contribution in [0.5, 0.6) is 0 Å². The van der Waals surface area contributed by atoms with Crippen molar-refractivity contribution in [2.75, 3.05) is 0 Å². The Hall–Kier alpha value is -0.480. The minimum absolute atomic E-state index is 0.292. The van der Waals surface area contributed by atoms with E-state index in [9.17, 15) is 0 Å². The summed E-state index contributed by atoms with van der Waals surface area (Å²) in [4.78, 5) is 0. The summed E-state index contributed by atoms with van der Waals surface area (Å²) in [6, 6.07) is 0.292. The van der Waals surface area contributed by atoms with Gasteiger partial charge in [0.1, 0.15) is 0 Å². The van der Waals surface area contributed by atoms with E-state index in [0.717, 1.165) is 12.8 Å². The molecule has 44 valence electrons. The normalized spacial score (nSPS) is 37.0. The van der Waals surface area contributed by atoms with E-state index in [0.29, 0.717) is 12.0 Å². The molecule has 0 amide bonds.